The molecule has 2 rings (SSSR count). The minimum absolute atomic E-state index is 0.0347. The van der Waals surface area contributed by atoms with Crippen molar-refractivity contribution in [3.05, 3.63) is 28.8 Å². The number of carbonyl (C=O) groups is 1. The Morgan fingerprint density at radius 3 is 2.56 bits per heavy atom. The summed E-state index contributed by atoms with van der Waals surface area (Å²) in [5.41, 5.74) is -1.44. The number of ether oxygens (including phenoxy) is 2. The monoisotopic (exact) mass is 379 g/mol. The summed E-state index contributed by atoms with van der Waals surface area (Å²) in [6.45, 7) is 6.06. The first-order valence-electron chi connectivity index (χ1n) is 7.97. The number of rotatable bonds is 2. The number of alkyl halides is 3. The fourth-order valence-corrected chi connectivity index (χ4v) is 2.64. The standard InChI is InChI=1S/C17H21ClF3NO3/c1-16(2,3)25-15(23)22-8-4-5-12(10-22)24-14-9-11(17(19,20)21)6-7-13(14)18/h6-7,9,12H,4-5,8,10H2,1-3H3/t12-/m1/s1. The van der Waals surface area contributed by atoms with Gasteiger partial charge in [0.15, 0.2) is 0 Å². The van der Waals surface area contributed by atoms with Crippen LogP contribution in [0, 0.1) is 0 Å². The van der Waals surface area contributed by atoms with Crippen LogP contribution >= 0.6 is 11.6 Å². The molecule has 0 aliphatic carbocycles. The van der Waals surface area contributed by atoms with Crippen molar-refractivity contribution in [2.24, 2.45) is 0 Å². The van der Waals surface area contributed by atoms with Gasteiger partial charge in [0.1, 0.15) is 17.5 Å². The molecule has 1 amide bonds. The first kappa shape index (κ1) is 19.7. The first-order chi connectivity index (χ1) is 11.5. The van der Waals surface area contributed by atoms with Gasteiger partial charge in [-0.2, -0.15) is 13.2 Å². The average Bonchev–Trinajstić information content (AvgIpc) is 2.47. The summed E-state index contributed by atoms with van der Waals surface area (Å²) >= 11 is 5.95. The Labute approximate surface area is 149 Å². The number of nitrogens with zero attached hydrogens (tertiary/aromatic N) is 1. The van der Waals surface area contributed by atoms with Crippen LogP contribution in [0.3, 0.4) is 0 Å². The van der Waals surface area contributed by atoms with Gasteiger partial charge in [0.2, 0.25) is 0 Å². The number of amides is 1. The SMILES string of the molecule is CC(C)(C)OC(=O)N1CCC[C@@H](Oc2cc(C(F)(F)F)ccc2Cl)C1. The van der Waals surface area contributed by atoms with Gasteiger partial charge < -0.3 is 14.4 Å². The van der Waals surface area contributed by atoms with Gasteiger partial charge in [-0.05, 0) is 51.8 Å². The summed E-state index contributed by atoms with van der Waals surface area (Å²) in [6.07, 6.45) is -4.09. The zero-order valence-corrected chi connectivity index (χ0v) is 15.1. The van der Waals surface area contributed by atoms with E-state index in [4.69, 9.17) is 21.1 Å². The quantitative estimate of drug-likeness (QED) is 0.714. The van der Waals surface area contributed by atoms with Crippen LogP contribution in [-0.4, -0.2) is 35.8 Å². The molecule has 0 bridgehead atoms. The molecule has 1 saturated heterocycles. The lowest BCUT2D eigenvalue weighted by Gasteiger charge is -2.34. The number of carbonyl (C=O) groups excluding carboxylic acids is 1. The Kier molecular flexibility index (Phi) is 5.76. The van der Waals surface area contributed by atoms with Crippen LogP contribution in [-0.2, 0) is 10.9 Å². The molecule has 1 fully saturated rings. The highest BCUT2D eigenvalue weighted by atomic mass is 35.5. The van der Waals surface area contributed by atoms with Gasteiger partial charge in [-0.25, -0.2) is 4.79 Å². The molecule has 140 valence electrons. The Hall–Kier alpha value is -1.63. The van der Waals surface area contributed by atoms with E-state index in [1.165, 1.54) is 4.90 Å². The van der Waals surface area contributed by atoms with Crippen molar-refractivity contribution >= 4 is 17.7 Å². The largest absolute Gasteiger partial charge is 0.487 e. The van der Waals surface area contributed by atoms with Gasteiger partial charge in [-0.3, -0.25) is 0 Å². The summed E-state index contributed by atoms with van der Waals surface area (Å²) in [7, 11) is 0. The molecule has 0 aromatic heterocycles. The molecule has 1 heterocycles. The first-order valence-corrected chi connectivity index (χ1v) is 8.35. The molecule has 0 N–H and O–H groups in total. The van der Waals surface area contributed by atoms with E-state index in [2.05, 4.69) is 0 Å². The lowest BCUT2D eigenvalue weighted by Crippen LogP contribution is -2.46. The van der Waals surface area contributed by atoms with Crippen molar-refractivity contribution in [2.75, 3.05) is 13.1 Å². The molecule has 25 heavy (non-hydrogen) atoms. The fraction of sp³-hybridized carbons (Fsp3) is 0.588. The summed E-state index contributed by atoms with van der Waals surface area (Å²) < 4.78 is 49.5. The van der Waals surface area contributed by atoms with Crippen molar-refractivity contribution in [1.29, 1.82) is 0 Å². The normalized spacial score (nSPS) is 18.8. The highest BCUT2D eigenvalue weighted by molar-refractivity contribution is 6.32. The van der Waals surface area contributed by atoms with Crippen LogP contribution in [0.15, 0.2) is 18.2 Å². The topological polar surface area (TPSA) is 38.8 Å². The molecule has 1 aliphatic rings. The fourth-order valence-electron chi connectivity index (χ4n) is 2.48. The molecule has 0 radical (unpaired) electrons. The molecule has 0 spiro atoms. The maximum Gasteiger partial charge on any atom is 0.416 e. The minimum Gasteiger partial charge on any atom is -0.487 e. The molecule has 1 atom stereocenters. The lowest BCUT2D eigenvalue weighted by atomic mass is 10.1. The second-order valence-corrected chi connectivity index (χ2v) is 7.36. The number of piperidine rings is 1. The van der Waals surface area contributed by atoms with E-state index < -0.39 is 29.5 Å². The molecule has 8 heteroatoms. The van der Waals surface area contributed by atoms with E-state index in [9.17, 15) is 18.0 Å². The highest BCUT2D eigenvalue weighted by Crippen LogP contribution is 2.35. The predicted molar refractivity (Wildman–Crippen MR) is 87.9 cm³/mol. The van der Waals surface area contributed by atoms with Crippen LogP contribution < -0.4 is 4.74 Å². The third-order valence-electron chi connectivity index (χ3n) is 3.58. The third kappa shape index (κ3) is 5.70. The maximum atomic E-state index is 12.8. The van der Waals surface area contributed by atoms with Crippen LogP contribution in [0.1, 0.15) is 39.2 Å². The molecule has 1 aromatic rings. The molecule has 4 nitrogen and oxygen atoms in total. The molecular formula is C17H21ClF3NO3. The number of hydrogen-bond acceptors (Lipinski definition) is 3. The van der Waals surface area contributed by atoms with Crippen molar-refractivity contribution in [3.63, 3.8) is 0 Å². The van der Waals surface area contributed by atoms with Gasteiger partial charge in [0, 0.05) is 6.54 Å². The number of halogens is 4. The van der Waals surface area contributed by atoms with E-state index in [1.807, 2.05) is 0 Å². The summed E-state index contributed by atoms with van der Waals surface area (Å²) in [5.74, 6) is -0.0347. The van der Waals surface area contributed by atoms with Crippen molar-refractivity contribution in [1.82, 2.24) is 4.90 Å². The highest BCUT2D eigenvalue weighted by Gasteiger charge is 2.32. The smallest absolute Gasteiger partial charge is 0.416 e. The second-order valence-electron chi connectivity index (χ2n) is 6.95. The average molecular weight is 380 g/mol. The van der Waals surface area contributed by atoms with E-state index in [1.54, 1.807) is 20.8 Å². The molecular weight excluding hydrogens is 359 g/mol. The van der Waals surface area contributed by atoms with E-state index in [-0.39, 0.29) is 17.3 Å². The summed E-state index contributed by atoms with van der Waals surface area (Å²) in [5, 5.41) is 0.0994. The number of likely N-dealkylation sites (tertiary alicyclic amines) is 1. The van der Waals surface area contributed by atoms with Gasteiger partial charge in [-0.1, -0.05) is 11.6 Å². The van der Waals surface area contributed by atoms with Gasteiger partial charge in [0.05, 0.1) is 17.1 Å². The summed E-state index contributed by atoms with van der Waals surface area (Å²) in [4.78, 5) is 13.6. The van der Waals surface area contributed by atoms with Crippen molar-refractivity contribution in [3.8, 4) is 5.75 Å². The molecule has 0 saturated carbocycles. The van der Waals surface area contributed by atoms with E-state index in [0.29, 0.717) is 19.4 Å². The number of benzene rings is 1. The zero-order chi connectivity index (χ0) is 18.8. The van der Waals surface area contributed by atoms with E-state index >= 15 is 0 Å². The predicted octanol–water partition coefficient (Wildman–Crippen LogP) is 5.14. The third-order valence-corrected chi connectivity index (χ3v) is 3.89. The van der Waals surface area contributed by atoms with E-state index in [0.717, 1.165) is 18.2 Å². The Morgan fingerprint density at radius 2 is 1.96 bits per heavy atom. The lowest BCUT2D eigenvalue weighted by molar-refractivity contribution is -0.137. The van der Waals surface area contributed by atoms with Crippen molar-refractivity contribution < 1.29 is 27.4 Å². The Morgan fingerprint density at radius 1 is 1.28 bits per heavy atom. The van der Waals surface area contributed by atoms with Gasteiger partial charge in [0.25, 0.3) is 0 Å². The van der Waals surface area contributed by atoms with Crippen LogP contribution in [0.4, 0.5) is 18.0 Å². The molecule has 1 aliphatic heterocycles. The van der Waals surface area contributed by atoms with Crippen LogP contribution in [0.2, 0.25) is 5.02 Å². The second kappa shape index (κ2) is 7.32. The maximum absolute atomic E-state index is 12.8. The minimum atomic E-state index is -4.47. The van der Waals surface area contributed by atoms with Gasteiger partial charge in [-0.15, -0.1) is 0 Å². The number of hydrogen-bond donors (Lipinski definition) is 0. The van der Waals surface area contributed by atoms with Gasteiger partial charge >= 0.3 is 12.3 Å². The summed E-state index contributed by atoms with van der Waals surface area (Å²) in [6, 6.07) is 2.95. The Balaban J connectivity index is 2.07. The van der Waals surface area contributed by atoms with Crippen LogP contribution in [0.25, 0.3) is 0 Å². The Bertz CT molecular complexity index is 629. The molecule has 1 aromatic carbocycles. The molecule has 0 unspecified atom stereocenters. The van der Waals surface area contributed by atoms with Crippen LogP contribution in [0.5, 0.6) is 5.75 Å². The van der Waals surface area contributed by atoms with Crippen molar-refractivity contribution in [2.45, 2.75) is 51.5 Å². The zero-order valence-electron chi connectivity index (χ0n) is 14.3.